The summed E-state index contributed by atoms with van der Waals surface area (Å²) in [6, 6.07) is 4.43. The highest BCUT2D eigenvalue weighted by molar-refractivity contribution is 5.93. The molecule has 116 valence electrons. The molecule has 1 saturated heterocycles. The number of amides is 1. The number of aliphatic hydroxyl groups is 1. The average Bonchev–Trinajstić information content (AvgIpc) is 2.92. The van der Waals surface area contributed by atoms with Crippen LogP contribution in [0.2, 0.25) is 0 Å². The highest BCUT2D eigenvalue weighted by atomic mass is 16.5. The average molecular weight is 292 g/mol. The number of hydrogen-bond acceptors (Lipinski definition) is 3. The Morgan fingerprint density at radius 1 is 1.29 bits per heavy atom. The van der Waals surface area contributed by atoms with Gasteiger partial charge >= 0.3 is 0 Å². The first-order valence-corrected chi connectivity index (χ1v) is 7.98. The number of nitrogens with zero attached hydrogens (tertiary/aromatic N) is 2. The summed E-state index contributed by atoms with van der Waals surface area (Å²) in [6.45, 7) is 1.94. The van der Waals surface area contributed by atoms with Gasteiger partial charge in [0.05, 0.1) is 19.3 Å². The number of carbonyl (C=O) groups is 1. The highest BCUT2D eigenvalue weighted by Gasteiger charge is 2.28. The van der Waals surface area contributed by atoms with Gasteiger partial charge in [-0.05, 0) is 44.2 Å². The molecule has 1 N–H and O–H groups in total. The highest BCUT2D eigenvalue weighted by Crippen LogP contribution is 2.33. The Balaban J connectivity index is 1.58. The lowest BCUT2D eigenvalue weighted by atomic mass is 9.92. The largest absolute Gasteiger partial charge is 0.394 e. The Labute approximate surface area is 125 Å². The summed E-state index contributed by atoms with van der Waals surface area (Å²) >= 11 is 0. The summed E-state index contributed by atoms with van der Waals surface area (Å²) in [5, 5.41) is 8.78. The Kier molecular flexibility index (Phi) is 4.60. The van der Waals surface area contributed by atoms with Gasteiger partial charge < -0.3 is 19.3 Å². The molecule has 1 aliphatic heterocycles. The monoisotopic (exact) mass is 292 g/mol. The first-order valence-electron chi connectivity index (χ1n) is 7.98. The van der Waals surface area contributed by atoms with Gasteiger partial charge in [0.2, 0.25) is 0 Å². The second-order valence-corrected chi connectivity index (χ2v) is 5.97. The molecule has 2 fully saturated rings. The molecule has 0 bridgehead atoms. The van der Waals surface area contributed by atoms with Crippen LogP contribution in [0.1, 0.15) is 48.6 Å². The van der Waals surface area contributed by atoms with Gasteiger partial charge in [-0.25, -0.2) is 0 Å². The zero-order valence-electron chi connectivity index (χ0n) is 12.4. The van der Waals surface area contributed by atoms with Crippen molar-refractivity contribution in [3.8, 4) is 0 Å². The molecule has 0 spiro atoms. The SMILES string of the molecule is O=C(c1cccn1C1CCC1)N1CCC(OCCO)CC1. The molecule has 1 amide bonds. The third-order valence-electron chi connectivity index (χ3n) is 4.64. The molecule has 5 heteroatoms. The molecule has 2 heterocycles. The van der Waals surface area contributed by atoms with Crippen molar-refractivity contribution in [3.63, 3.8) is 0 Å². The van der Waals surface area contributed by atoms with Crippen LogP contribution < -0.4 is 0 Å². The van der Waals surface area contributed by atoms with E-state index in [0.717, 1.165) is 31.6 Å². The lowest BCUT2D eigenvalue weighted by molar-refractivity contribution is -0.00580. The van der Waals surface area contributed by atoms with Crippen molar-refractivity contribution in [1.82, 2.24) is 9.47 Å². The maximum Gasteiger partial charge on any atom is 0.270 e. The van der Waals surface area contributed by atoms with E-state index in [0.29, 0.717) is 12.6 Å². The van der Waals surface area contributed by atoms with Crippen molar-refractivity contribution >= 4 is 5.91 Å². The predicted molar refractivity (Wildman–Crippen MR) is 79.3 cm³/mol. The predicted octanol–water partition coefficient (Wildman–Crippen LogP) is 1.83. The molecule has 1 aromatic rings. The van der Waals surface area contributed by atoms with Crippen LogP contribution in [-0.4, -0.2) is 52.9 Å². The topological polar surface area (TPSA) is 54.7 Å². The van der Waals surface area contributed by atoms with Crippen LogP contribution in [0.3, 0.4) is 0 Å². The van der Waals surface area contributed by atoms with Crippen molar-refractivity contribution in [3.05, 3.63) is 24.0 Å². The summed E-state index contributed by atoms with van der Waals surface area (Å²) < 4.78 is 7.70. The van der Waals surface area contributed by atoms with Gasteiger partial charge in [-0.2, -0.15) is 0 Å². The van der Waals surface area contributed by atoms with Crippen LogP contribution in [0.4, 0.5) is 0 Å². The third kappa shape index (κ3) is 3.14. The molecule has 1 aromatic heterocycles. The summed E-state index contributed by atoms with van der Waals surface area (Å²) in [6.07, 6.45) is 7.57. The zero-order chi connectivity index (χ0) is 14.7. The number of aromatic nitrogens is 1. The van der Waals surface area contributed by atoms with E-state index in [4.69, 9.17) is 9.84 Å². The first kappa shape index (κ1) is 14.6. The van der Waals surface area contributed by atoms with Crippen LogP contribution in [0.15, 0.2) is 18.3 Å². The molecule has 1 saturated carbocycles. The van der Waals surface area contributed by atoms with Crippen molar-refractivity contribution in [1.29, 1.82) is 0 Å². The van der Waals surface area contributed by atoms with E-state index in [1.54, 1.807) is 0 Å². The zero-order valence-corrected chi connectivity index (χ0v) is 12.4. The fraction of sp³-hybridized carbons (Fsp3) is 0.688. The standard InChI is InChI=1S/C16H24N2O3/c19-11-12-21-14-6-9-17(10-7-14)16(20)15-5-2-8-18(15)13-3-1-4-13/h2,5,8,13-14,19H,1,3-4,6-7,9-12H2. The van der Waals surface area contributed by atoms with E-state index in [1.165, 1.54) is 19.3 Å². The van der Waals surface area contributed by atoms with Crippen molar-refractivity contribution in [2.45, 2.75) is 44.2 Å². The van der Waals surface area contributed by atoms with Gasteiger partial charge in [0, 0.05) is 25.3 Å². The molecular weight excluding hydrogens is 268 g/mol. The van der Waals surface area contributed by atoms with E-state index in [1.807, 2.05) is 23.2 Å². The molecule has 3 rings (SSSR count). The molecule has 0 radical (unpaired) electrons. The summed E-state index contributed by atoms with van der Waals surface area (Å²) in [7, 11) is 0. The van der Waals surface area contributed by atoms with E-state index in [2.05, 4.69) is 4.57 Å². The maximum atomic E-state index is 12.7. The van der Waals surface area contributed by atoms with Gasteiger partial charge in [0.15, 0.2) is 0 Å². The molecule has 0 aromatic carbocycles. The second kappa shape index (κ2) is 6.62. The number of rotatable bonds is 5. The van der Waals surface area contributed by atoms with Crippen molar-refractivity contribution in [2.75, 3.05) is 26.3 Å². The van der Waals surface area contributed by atoms with Gasteiger partial charge in [-0.3, -0.25) is 4.79 Å². The molecule has 0 atom stereocenters. The Bertz CT molecular complexity index is 474. The molecule has 1 aliphatic carbocycles. The number of ether oxygens (including phenoxy) is 1. The maximum absolute atomic E-state index is 12.7. The van der Waals surface area contributed by atoms with Crippen molar-refractivity contribution in [2.24, 2.45) is 0 Å². The minimum absolute atomic E-state index is 0.0635. The van der Waals surface area contributed by atoms with E-state index in [-0.39, 0.29) is 18.6 Å². The second-order valence-electron chi connectivity index (χ2n) is 5.97. The fourth-order valence-electron chi connectivity index (χ4n) is 3.17. The Hall–Kier alpha value is -1.33. The number of carbonyl (C=O) groups excluding carboxylic acids is 1. The fourth-order valence-corrected chi connectivity index (χ4v) is 3.17. The van der Waals surface area contributed by atoms with Gasteiger partial charge in [0.1, 0.15) is 5.69 Å². The summed E-state index contributed by atoms with van der Waals surface area (Å²) in [5.41, 5.74) is 0.828. The molecular formula is C16H24N2O3. The molecule has 21 heavy (non-hydrogen) atoms. The summed E-state index contributed by atoms with van der Waals surface area (Å²) in [5.74, 6) is 0.146. The van der Waals surface area contributed by atoms with Crippen LogP contribution in [0.25, 0.3) is 0 Å². The molecule has 0 unspecified atom stereocenters. The van der Waals surface area contributed by atoms with Crippen LogP contribution in [0.5, 0.6) is 0 Å². The van der Waals surface area contributed by atoms with Crippen LogP contribution in [-0.2, 0) is 4.74 Å². The first-order chi connectivity index (χ1) is 10.3. The van der Waals surface area contributed by atoms with Crippen LogP contribution in [0, 0.1) is 0 Å². The Morgan fingerprint density at radius 3 is 2.67 bits per heavy atom. The normalized spacial score (nSPS) is 20.5. The minimum Gasteiger partial charge on any atom is -0.394 e. The van der Waals surface area contributed by atoms with E-state index >= 15 is 0 Å². The summed E-state index contributed by atoms with van der Waals surface area (Å²) in [4.78, 5) is 14.6. The smallest absolute Gasteiger partial charge is 0.270 e. The van der Waals surface area contributed by atoms with E-state index < -0.39 is 0 Å². The lowest BCUT2D eigenvalue weighted by Crippen LogP contribution is -2.42. The number of likely N-dealkylation sites (tertiary alicyclic amines) is 1. The quantitative estimate of drug-likeness (QED) is 0.901. The number of aliphatic hydroxyl groups excluding tert-OH is 1. The van der Waals surface area contributed by atoms with Crippen LogP contribution >= 0.6 is 0 Å². The van der Waals surface area contributed by atoms with Gasteiger partial charge in [0.25, 0.3) is 5.91 Å². The third-order valence-corrected chi connectivity index (χ3v) is 4.64. The van der Waals surface area contributed by atoms with Gasteiger partial charge in [-0.15, -0.1) is 0 Å². The minimum atomic E-state index is 0.0635. The molecule has 5 nitrogen and oxygen atoms in total. The number of hydrogen-bond donors (Lipinski definition) is 1. The van der Waals surface area contributed by atoms with Gasteiger partial charge in [-0.1, -0.05) is 0 Å². The van der Waals surface area contributed by atoms with Crippen molar-refractivity contribution < 1.29 is 14.6 Å². The number of piperidine rings is 1. The lowest BCUT2D eigenvalue weighted by Gasteiger charge is -2.34. The molecule has 2 aliphatic rings. The van der Waals surface area contributed by atoms with E-state index in [9.17, 15) is 4.79 Å². The Morgan fingerprint density at radius 2 is 2.05 bits per heavy atom.